The Labute approximate surface area is 92.2 Å². The Balaban J connectivity index is 1.77. The lowest BCUT2D eigenvalue weighted by Crippen LogP contribution is -2.68. The van der Waals surface area contributed by atoms with Gasteiger partial charge in [0.2, 0.25) is 5.89 Å². The smallest absolute Gasteiger partial charge is 0.305 e. The molecule has 0 radical (unpaired) electrons. The van der Waals surface area contributed by atoms with Crippen LogP contribution in [0.15, 0.2) is 10.9 Å². The molecule has 0 atom stereocenters. The summed E-state index contributed by atoms with van der Waals surface area (Å²) in [4.78, 5) is 14.6. The second-order valence-corrected chi connectivity index (χ2v) is 3.97. The topological polar surface area (TPSA) is 100 Å². The van der Waals surface area contributed by atoms with Crippen LogP contribution in [0.3, 0.4) is 0 Å². The van der Waals surface area contributed by atoms with Crippen LogP contribution in [0.2, 0.25) is 0 Å². The quantitative estimate of drug-likeness (QED) is 0.573. The second kappa shape index (κ2) is 4.58. The Morgan fingerprint density at radius 1 is 1.69 bits per heavy atom. The first kappa shape index (κ1) is 11.0. The van der Waals surface area contributed by atoms with Gasteiger partial charge in [-0.1, -0.05) is 5.16 Å². The van der Waals surface area contributed by atoms with Gasteiger partial charge in [0, 0.05) is 26.1 Å². The number of rotatable bonds is 6. The first-order valence-corrected chi connectivity index (χ1v) is 5.13. The number of aromatic nitrogens is 2. The molecule has 0 aliphatic carbocycles. The van der Waals surface area contributed by atoms with Crippen molar-refractivity contribution < 1.29 is 14.4 Å². The van der Waals surface area contributed by atoms with Gasteiger partial charge in [-0.3, -0.25) is 4.79 Å². The summed E-state index contributed by atoms with van der Waals surface area (Å²) in [5.74, 6) is -0.225. The highest BCUT2D eigenvalue weighted by Gasteiger charge is 2.38. The molecule has 2 heterocycles. The number of hydrogen-bond acceptors (Lipinski definition) is 6. The van der Waals surface area contributed by atoms with Crippen molar-refractivity contribution in [3.8, 4) is 0 Å². The van der Waals surface area contributed by atoms with Gasteiger partial charge in [-0.2, -0.15) is 4.98 Å². The summed E-state index contributed by atoms with van der Waals surface area (Å²) in [6.45, 7) is 2.00. The molecule has 0 aromatic carbocycles. The monoisotopic (exact) mass is 226 g/mol. The van der Waals surface area contributed by atoms with Crippen molar-refractivity contribution in [1.82, 2.24) is 20.8 Å². The molecule has 1 aromatic rings. The van der Waals surface area contributed by atoms with Crippen LogP contribution in [-0.2, 0) is 11.2 Å². The number of carboxylic acids is 1. The maximum absolute atomic E-state index is 10.7. The molecular weight excluding hydrogens is 212 g/mol. The molecule has 3 N–H and O–H groups in total. The molecule has 0 amide bonds. The van der Waals surface area contributed by atoms with Crippen molar-refractivity contribution in [3.05, 3.63) is 12.2 Å². The van der Waals surface area contributed by atoms with Gasteiger partial charge in [-0.05, 0) is 0 Å². The molecule has 1 fully saturated rings. The molecule has 7 nitrogen and oxygen atoms in total. The second-order valence-electron chi connectivity index (χ2n) is 3.97. The summed E-state index contributed by atoms with van der Waals surface area (Å²) in [5, 5.41) is 18.6. The third-order valence-corrected chi connectivity index (χ3v) is 2.66. The third-order valence-electron chi connectivity index (χ3n) is 2.66. The molecule has 1 saturated heterocycles. The van der Waals surface area contributed by atoms with Gasteiger partial charge < -0.3 is 20.3 Å². The van der Waals surface area contributed by atoms with Crippen molar-refractivity contribution >= 4 is 5.97 Å². The minimum Gasteiger partial charge on any atom is -0.481 e. The lowest BCUT2D eigenvalue weighted by atomic mass is 9.88. The molecule has 0 unspecified atom stereocenters. The van der Waals surface area contributed by atoms with E-state index in [1.165, 1.54) is 6.33 Å². The van der Waals surface area contributed by atoms with Crippen LogP contribution < -0.4 is 10.6 Å². The highest BCUT2D eigenvalue weighted by Crippen LogP contribution is 2.15. The fraction of sp³-hybridized carbons (Fsp3) is 0.667. The van der Waals surface area contributed by atoms with Gasteiger partial charge in [0.1, 0.15) is 0 Å². The van der Waals surface area contributed by atoms with Crippen molar-refractivity contribution in [3.63, 3.8) is 0 Å². The summed E-state index contributed by atoms with van der Waals surface area (Å²) in [7, 11) is 0. The summed E-state index contributed by atoms with van der Waals surface area (Å²) < 4.78 is 4.85. The normalized spacial score (nSPS) is 18.0. The number of nitrogens with zero attached hydrogens (tertiary/aromatic N) is 2. The van der Waals surface area contributed by atoms with Crippen LogP contribution in [0, 0.1) is 0 Å². The lowest BCUT2D eigenvalue weighted by molar-refractivity contribution is -0.139. The lowest BCUT2D eigenvalue weighted by Gasteiger charge is -2.42. The zero-order valence-electron chi connectivity index (χ0n) is 8.77. The van der Waals surface area contributed by atoms with Gasteiger partial charge in [0.25, 0.3) is 0 Å². The minimum absolute atomic E-state index is 0.129. The first-order chi connectivity index (χ1) is 7.70. The van der Waals surface area contributed by atoms with E-state index in [1.54, 1.807) is 0 Å². The predicted molar refractivity (Wildman–Crippen MR) is 53.9 cm³/mol. The van der Waals surface area contributed by atoms with Crippen LogP contribution in [0.5, 0.6) is 0 Å². The fourth-order valence-electron chi connectivity index (χ4n) is 1.77. The Morgan fingerprint density at radius 3 is 3.00 bits per heavy atom. The van der Waals surface area contributed by atoms with Crippen molar-refractivity contribution in [2.45, 2.75) is 18.4 Å². The van der Waals surface area contributed by atoms with E-state index in [0.717, 1.165) is 0 Å². The standard InChI is InChI=1S/C9H14N4O3/c14-8(15)3-9(4-10-5-9)12-2-1-7-11-6-13-16-7/h6,10,12H,1-5H2,(H,14,15). The van der Waals surface area contributed by atoms with E-state index in [9.17, 15) is 4.79 Å². The van der Waals surface area contributed by atoms with E-state index >= 15 is 0 Å². The number of aliphatic carboxylic acids is 1. The van der Waals surface area contributed by atoms with Gasteiger partial charge in [0.05, 0.1) is 12.0 Å². The zero-order valence-corrected chi connectivity index (χ0v) is 8.77. The SMILES string of the molecule is O=C(O)CC1(NCCc2ncno2)CNC1. The molecule has 16 heavy (non-hydrogen) atoms. The molecule has 1 aliphatic heterocycles. The van der Waals surface area contributed by atoms with Crippen LogP contribution in [0.4, 0.5) is 0 Å². The summed E-state index contributed by atoms with van der Waals surface area (Å²) in [6, 6.07) is 0. The van der Waals surface area contributed by atoms with Crippen LogP contribution in [0.1, 0.15) is 12.3 Å². The average Bonchev–Trinajstić information content (AvgIpc) is 2.66. The third kappa shape index (κ3) is 2.56. The van der Waals surface area contributed by atoms with E-state index in [1.807, 2.05) is 0 Å². The van der Waals surface area contributed by atoms with Crippen LogP contribution >= 0.6 is 0 Å². The maximum atomic E-state index is 10.7. The van der Waals surface area contributed by atoms with Crippen molar-refractivity contribution in [2.24, 2.45) is 0 Å². The summed E-state index contributed by atoms with van der Waals surface area (Å²) >= 11 is 0. The number of hydrogen-bond donors (Lipinski definition) is 3. The molecule has 1 aliphatic rings. The van der Waals surface area contributed by atoms with Crippen LogP contribution in [-0.4, -0.2) is 46.4 Å². The molecular formula is C9H14N4O3. The van der Waals surface area contributed by atoms with Gasteiger partial charge >= 0.3 is 5.97 Å². The zero-order chi connectivity index (χ0) is 11.4. The van der Waals surface area contributed by atoms with Crippen LogP contribution in [0.25, 0.3) is 0 Å². The highest BCUT2D eigenvalue weighted by atomic mass is 16.5. The number of carbonyl (C=O) groups is 1. The maximum Gasteiger partial charge on any atom is 0.305 e. The Bertz CT molecular complexity index is 348. The predicted octanol–water partition coefficient (Wildman–Crippen LogP) is -0.982. The first-order valence-electron chi connectivity index (χ1n) is 5.13. The van der Waals surface area contributed by atoms with E-state index in [2.05, 4.69) is 20.8 Å². The molecule has 2 rings (SSSR count). The van der Waals surface area contributed by atoms with Crippen molar-refractivity contribution in [2.75, 3.05) is 19.6 Å². The van der Waals surface area contributed by atoms with Gasteiger partial charge in [-0.25, -0.2) is 0 Å². The Kier molecular flexibility index (Phi) is 3.16. The molecule has 1 aromatic heterocycles. The van der Waals surface area contributed by atoms with Gasteiger partial charge in [-0.15, -0.1) is 0 Å². The summed E-state index contributed by atoms with van der Waals surface area (Å²) in [5.41, 5.74) is -0.314. The molecule has 0 saturated carbocycles. The Morgan fingerprint density at radius 2 is 2.50 bits per heavy atom. The number of nitrogens with one attached hydrogen (secondary N) is 2. The summed E-state index contributed by atoms with van der Waals surface area (Å²) in [6.07, 6.45) is 2.10. The minimum atomic E-state index is -0.785. The van der Waals surface area contributed by atoms with E-state index in [4.69, 9.17) is 9.63 Å². The highest BCUT2D eigenvalue weighted by molar-refractivity contribution is 5.68. The molecule has 0 spiro atoms. The molecule has 0 bridgehead atoms. The van der Waals surface area contributed by atoms with E-state index in [-0.39, 0.29) is 12.0 Å². The molecule has 88 valence electrons. The van der Waals surface area contributed by atoms with E-state index in [0.29, 0.717) is 31.9 Å². The van der Waals surface area contributed by atoms with Gasteiger partial charge in [0.15, 0.2) is 6.33 Å². The largest absolute Gasteiger partial charge is 0.481 e. The fourth-order valence-corrected chi connectivity index (χ4v) is 1.77. The molecule has 7 heteroatoms. The van der Waals surface area contributed by atoms with Crippen molar-refractivity contribution in [1.29, 1.82) is 0 Å². The average molecular weight is 226 g/mol. The number of carboxylic acid groups (broad SMARTS) is 1. The van der Waals surface area contributed by atoms with E-state index < -0.39 is 5.97 Å². The Hall–Kier alpha value is -1.47.